The van der Waals surface area contributed by atoms with E-state index in [1.54, 1.807) is 16.7 Å². The van der Waals surface area contributed by atoms with Gasteiger partial charge in [-0.1, -0.05) is 37.6 Å². The molecule has 158 valence electrons. The van der Waals surface area contributed by atoms with Crippen LogP contribution in [0.1, 0.15) is 43.0 Å². The van der Waals surface area contributed by atoms with Gasteiger partial charge in [-0.25, -0.2) is 0 Å². The van der Waals surface area contributed by atoms with Crippen LogP contribution in [0.4, 0.5) is 0 Å². The SMILES string of the molecule is CCN(CC)CCCn1c(C)cc2c(c1=O)C(c1ccc(Cl)cc1)C(C#N)=C(N)O2. The summed E-state index contributed by atoms with van der Waals surface area (Å²) in [5.41, 5.74) is 8.15. The van der Waals surface area contributed by atoms with Crippen molar-refractivity contribution in [1.82, 2.24) is 9.47 Å². The number of hydrogen-bond acceptors (Lipinski definition) is 5. The van der Waals surface area contributed by atoms with E-state index in [1.165, 1.54) is 0 Å². The maximum absolute atomic E-state index is 13.5. The number of nitrogens with zero attached hydrogens (tertiary/aromatic N) is 3. The molecule has 3 rings (SSSR count). The van der Waals surface area contributed by atoms with E-state index in [9.17, 15) is 10.1 Å². The lowest BCUT2D eigenvalue weighted by Crippen LogP contribution is -2.33. The third kappa shape index (κ3) is 4.23. The number of allylic oxidation sites excluding steroid dienone is 1. The predicted octanol–water partition coefficient (Wildman–Crippen LogP) is 3.76. The molecule has 0 aliphatic carbocycles. The summed E-state index contributed by atoms with van der Waals surface area (Å²) in [6.45, 7) is 9.64. The standard InChI is InChI=1S/C23H27ClN4O2/c1-4-27(5-2)11-6-12-28-15(3)13-19-21(23(28)29)20(18(14-25)22(26)30-19)16-7-9-17(24)10-8-16/h7-10,13,20H,4-6,11-12,26H2,1-3H3. The molecule has 0 spiro atoms. The third-order valence-corrected chi connectivity index (χ3v) is 5.90. The Labute approximate surface area is 182 Å². The lowest BCUT2D eigenvalue weighted by Gasteiger charge is -2.27. The summed E-state index contributed by atoms with van der Waals surface area (Å²) in [6.07, 6.45) is 0.858. The molecular formula is C23H27ClN4O2. The number of hydrogen-bond donors (Lipinski definition) is 1. The smallest absolute Gasteiger partial charge is 0.258 e. The van der Waals surface area contributed by atoms with Gasteiger partial charge in [0.05, 0.1) is 11.5 Å². The molecule has 0 bridgehead atoms. The summed E-state index contributed by atoms with van der Waals surface area (Å²) in [4.78, 5) is 15.9. The Balaban J connectivity index is 2.06. The zero-order valence-electron chi connectivity index (χ0n) is 17.6. The second kappa shape index (κ2) is 9.38. The van der Waals surface area contributed by atoms with Crippen LogP contribution in [-0.2, 0) is 6.54 Å². The van der Waals surface area contributed by atoms with E-state index in [-0.39, 0.29) is 17.0 Å². The van der Waals surface area contributed by atoms with E-state index in [1.807, 2.05) is 25.1 Å². The van der Waals surface area contributed by atoms with Crippen LogP contribution in [0, 0.1) is 18.3 Å². The number of ether oxygens (including phenoxy) is 1. The Kier molecular flexibility index (Phi) is 6.86. The van der Waals surface area contributed by atoms with Crippen LogP contribution in [0.5, 0.6) is 5.75 Å². The van der Waals surface area contributed by atoms with Crippen molar-refractivity contribution in [2.45, 2.75) is 39.7 Å². The van der Waals surface area contributed by atoms with Gasteiger partial charge in [0, 0.05) is 23.3 Å². The van der Waals surface area contributed by atoms with Crippen molar-refractivity contribution >= 4 is 11.6 Å². The monoisotopic (exact) mass is 426 g/mol. The molecule has 2 heterocycles. The Morgan fingerprint density at radius 2 is 1.93 bits per heavy atom. The highest BCUT2D eigenvalue weighted by Crippen LogP contribution is 2.40. The summed E-state index contributed by atoms with van der Waals surface area (Å²) < 4.78 is 7.46. The molecule has 1 aliphatic heterocycles. The predicted molar refractivity (Wildman–Crippen MR) is 119 cm³/mol. The lowest BCUT2D eigenvalue weighted by atomic mass is 9.84. The molecule has 0 fully saturated rings. The fraction of sp³-hybridized carbons (Fsp3) is 0.391. The van der Waals surface area contributed by atoms with Crippen LogP contribution < -0.4 is 16.0 Å². The number of pyridine rings is 1. The first-order valence-electron chi connectivity index (χ1n) is 10.2. The molecule has 2 aromatic rings. The van der Waals surface area contributed by atoms with Crippen molar-refractivity contribution in [3.05, 3.63) is 74.0 Å². The van der Waals surface area contributed by atoms with Gasteiger partial charge in [-0.2, -0.15) is 5.26 Å². The highest BCUT2D eigenvalue weighted by Gasteiger charge is 2.34. The third-order valence-electron chi connectivity index (χ3n) is 5.64. The Morgan fingerprint density at radius 1 is 1.27 bits per heavy atom. The van der Waals surface area contributed by atoms with E-state index in [0.29, 0.717) is 22.9 Å². The van der Waals surface area contributed by atoms with Gasteiger partial charge in [-0.05, 0) is 50.7 Å². The first kappa shape index (κ1) is 21.9. The van der Waals surface area contributed by atoms with Crippen LogP contribution in [0.2, 0.25) is 5.02 Å². The number of nitrogens with two attached hydrogens (primary N) is 1. The molecule has 0 saturated heterocycles. The fourth-order valence-electron chi connectivity index (χ4n) is 3.94. The topological polar surface area (TPSA) is 84.3 Å². The molecule has 1 aromatic heterocycles. The zero-order valence-corrected chi connectivity index (χ0v) is 18.4. The number of rotatable bonds is 7. The average molecular weight is 427 g/mol. The first-order valence-corrected chi connectivity index (χ1v) is 10.6. The summed E-state index contributed by atoms with van der Waals surface area (Å²) >= 11 is 6.04. The molecule has 7 heteroatoms. The molecule has 1 aliphatic rings. The molecule has 0 radical (unpaired) electrons. The molecule has 0 saturated carbocycles. The minimum absolute atomic E-state index is 0.0306. The zero-order chi connectivity index (χ0) is 21.8. The van der Waals surface area contributed by atoms with E-state index in [4.69, 9.17) is 22.1 Å². The lowest BCUT2D eigenvalue weighted by molar-refractivity contribution is 0.292. The van der Waals surface area contributed by atoms with Gasteiger partial charge in [-0.3, -0.25) is 4.79 Å². The highest BCUT2D eigenvalue weighted by atomic mass is 35.5. The van der Waals surface area contributed by atoms with Crippen LogP contribution in [0.3, 0.4) is 0 Å². The molecule has 2 N–H and O–H groups in total. The molecule has 1 atom stereocenters. The van der Waals surface area contributed by atoms with Crippen LogP contribution in [0.25, 0.3) is 0 Å². The summed E-state index contributed by atoms with van der Waals surface area (Å²) in [5, 5.41) is 10.3. The number of halogens is 1. The summed E-state index contributed by atoms with van der Waals surface area (Å²) in [5.74, 6) is -0.143. The maximum Gasteiger partial charge on any atom is 0.258 e. The molecular weight excluding hydrogens is 400 g/mol. The number of benzene rings is 1. The molecule has 1 aromatic carbocycles. The van der Waals surface area contributed by atoms with Gasteiger partial charge >= 0.3 is 0 Å². The number of aryl methyl sites for hydroxylation is 1. The average Bonchev–Trinajstić information content (AvgIpc) is 2.73. The minimum Gasteiger partial charge on any atom is -0.440 e. The molecule has 0 amide bonds. The Hall–Kier alpha value is -2.75. The normalized spacial score (nSPS) is 15.7. The van der Waals surface area contributed by atoms with Crippen molar-refractivity contribution in [2.75, 3.05) is 19.6 Å². The highest BCUT2D eigenvalue weighted by molar-refractivity contribution is 6.30. The van der Waals surface area contributed by atoms with Gasteiger partial charge in [0.2, 0.25) is 5.88 Å². The van der Waals surface area contributed by atoms with Gasteiger partial charge in [-0.15, -0.1) is 0 Å². The van der Waals surface area contributed by atoms with E-state index in [0.717, 1.165) is 37.3 Å². The van der Waals surface area contributed by atoms with Crippen LogP contribution in [0.15, 0.2) is 46.6 Å². The second-order valence-corrected chi connectivity index (χ2v) is 7.81. The van der Waals surface area contributed by atoms with Crippen molar-refractivity contribution in [3.63, 3.8) is 0 Å². The van der Waals surface area contributed by atoms with Crippen LogP contribution in [-0.4, -0.2) is 29.1 Å². The minimum atomic E-state index is -0.585. The van der Waals surface area contributed by atoms with E-state index >= 15 is 0 Å². The fourth-order valence-corrected chi connectivity index (χ4v) is 4.07. The van der Waals surface area contributed by atoms with Gasteiger partial charge in [0.1, 0.15) is 17.4 Å². The first-order chi connectivity index (χ1) is 14.4. The van der Waals surface area contributed by atoms with Gasteiger partial charge in [0.25, 0.3) is 5.56 Å². The number of aromatic nitrogens is 1. The largest absolute Gasteiger partial charge is 0.440 e. The van der Waals surface area contributed by atoms with Crippen molar-refractivity contribution in [2.24, 2.45) is 5.73 Å². The van der Waals surface area contributed by atoms with Crippen LogP contribution >= 0.6 is 11.6 Å². The Bertz CT molecular complexity index is 1050. The maximum atomic E-state index is 13.5. The van der Waals surface area contributed by atoms with Gasteiger partial charge in [0.15, 0.2) is 0 Å². The molecule has 6 nitrogen and oxygen atoms in total. The quantitative estimate of drug-likeness (QED) is 0.728. The summed E-state index contributed by atoms with van der Waals surface area (Å²) in [7, 11) is 0. The molecule has 30 heavy (non-hydrogen) atoms. The number of fused-ring (bicyclic) bond motifs is 1. The van der Waals surface area contributed by atoms with E-state index in [2.05, 4.69) is 24.8 Å². The second-order valence-electron chi connectivity index (χ2n) is 7.38. The van der Waals surface area contributed by atoms with Crippen molar-refractivity contribution in [1.29, 1.82) is 5.26 Å². The van der Waals surface area contributed by atoms with E-state index < -0.39 is 5.92 Å². The van der Waals surface area contributed by atoms with Gasteiger partial charge < -0.3 is 19.9 Å². The summed E-state index contributed by atoms with van der Waals surface area (Å²) in [6, 6.07) is 11.1. The van der Waals surface area contributed by atoms with Crippen molar-refractivity contribution < 1.29 is 4.74 Å². The van der Waals surface area contributed by atoms with Crippen molar-refractivity contribution in [3.8, 4) is 11.8 Å². The Morgan fingerprint density at radius 3 is 2.53 bits per heavy atom. The number of nitriles is 1. The molecule has 1 unspecified atom stereocenters.